The monoisotopic (exact) mass is 520 g/mol. The lowest BCUT2D eigenvalue weighted by Gasteiger charge is -2.23. The highest BCUT2D eigenvalue weighted by Gasteiger charge is 2.10. The number of amidine groups is 1. The van der Waals surface area contributed by atoms with Crippen molar-refractivity contribution in [2.24, 2.45) is 4.99 Å². The maximum absolute atomic E-state index is 8.00. The number of carbonyl (C=O) groups is 2. The quantitative estimate of drug-likeness (QED) is 0.272. The summed E-state index contributed by atoms with van der Waals surface area (Å²) in [5.41, 5.74) is 3.13. The molecule has 202 valence electrons. The number of halogens is 1. The van der Waals surface area contributed by atoms with Gasteiger partial charge >= 0.3 is 0 Å². The van der Waals surface area contributed by atoms with Gasteiger partial charge in [0, 0.05) is 30.2 Å². The predicted octanol–water partition coefficient (Wildman–Crippen LogP) is 7.18. The minimum absolute atomic E-state index is 0.644. The van der Waals surface area contributed by atoms with Crippen molar-refractivity contribution in [2.75, 3.05) is 27.3 Å². The number of rotatable bonds is 8. The number of carbonyl (C=O) groups excluding carboxylic acids is 2. The number of methoxy groups -OCH3 is 2. The molecular formula is C29H45ClN2O4. The number of hydrogen-bond donors (Lipinski definition) is 0. The molecule has 0 aliphatic carbocycles. The molecule has 0 spiro atoms. The highest BCUT2D eigenvalue weighted by atomic mass is 35.5. The molecule has 2 rings (SSSR count). The number of benzene rings is 2. The second-order valence-corrected chi connectivity index (χ2v) is 7.41. The average molecular weight is 521 g/mol. The van der Waals surface area contributed by atoms with Crippen LogP contribution in [0.4, 0.5) is 0 Å². The Labute approximate surface area is 224 Å². The van der Waals surface area contributed by atoms with Crippen molar-refractivity contribution in [3.8, 4) is 5.75 Å². The van der Waals surface area contributed by atoms with Crippen molar-refractivity contribution in [1.82, 2.24) is 4.90 Å². The van der Waals surface area contributed by atoms with Crippen molar-refractivity contribution in [3.05, 3.63) is 77.0 Å². The van der Waals surface area contributed by atoms with E-state index >= 15 is 0 Å². The van der Waals surface area contributed by atoms with E-state index in [2.05, 4.69) is 37.2 Å². The second kappa shape index (κ2) is 26.5. The van der Waals surface area contributed by atoms with Crippen LogP contribution in [0.1, 0.15) is 51.7 Å². The predicted molar refractivity (Wildman–Crippen MR) is 154 cm³/mol. The van der Waals surface area contributed by atoms with Crippen LogP contribution in [0.3, 0.4) is 0 Å². The van der Waals surface area contributed by atoms with Gasteiger partial charge < -0.3 is 24.0 Å². The Morgan fingerprint density at radius 2 is 1.47 bits per heavy atom. The third-order valence-corrected chi connectivity index (χ3v) is 4.48. The van der Waals surface area contributed by atoms with Gasteiger partial charge in [0.05, 0.1) is 14.2 Å². The van der Waals surface area contributed by atoms with Gasteiger partial charge in [0.1, 0.15) is 19.3 Å². The van der Waals surface area contributed by atoms with Gasteiger partial charge in [0.25, 0.3) is 6.02 Å². The van der Waals surface area contributed by atoms with Crippen LogP contribution in [0.2, 0.25) is 5.02 Å². The Morgan fingerprint density at radius 3 is 1.89 bits per heavy atom. The fraction of sp³-hybridized carbons (Fsp3) is 0.414. The largest absolute Gasteiger partial charge is 0.497 e. The number of ether oxygens (including phenoxy) is 2. The summed E-state index contributed by atoms with van der Waals surface area (Å²) in [6.45, 7) is 20.3. The molecule has 6 nitrogen and oxygen atoms in total. The molecule has 2 aromatic rings. The molecule has 0 fully saturated rings. The van der Waals surface area contributed by atoms with Crippen LogP contribution in [-0.4, -0.2) is 51.8 Å². The molecule has 0 N–H and O–H groups in total. The third kappa shape index (κ3) is 18.2. The molecule has 0 radical (unpaired) electrons. The van der Waals surface area contributed by atoms with E-state index in [0.717, 1.165) is 48.0 Å². The van der Waals surface area contributed by atoms with Gasteiger partial charge in [-0.1, -0.05) is 75.7 Å². The molecule has 36 heavy (non-hydrogen) atoms. The lowest BCUT2D eigenvalue weighted by Crippen LogP contribution is -2.33. The molecule has 0 saturated carbocycles. The summed E-state index contributed by atoms with van der Waals surface area (Å²) in [6, 6.07) is 16.4. The third-order valence-electron chi connectivity index (χ3n) is 4.25. The molecule has 0 aliphatic heterocycles. The first-order valence-corrected chi connectivity index (χ1v) is 12.3. The first-order valence-electron chi connectivity index (χ1n) is 11.9. The number of aliphatic imine (C=N–C) groups is 1. The Balaban J connectivity index is -0.000000601. The molecule has 0 unspecified atom stereocenters. The highest BCUT2D eigenvalue weighted by molar-refractivity contribution is 6.30. The summed E-state index contributed by atoms with van der Waals surface area (Å²) in [5.74, 6) is 0.917. The van der Waals surface area contributed by atoms with Crippen LogP contribution < -0.4 is 4.74 Å². The molecule has 0 heterocycles. The summed E-state index contributed by atoms with van der Waals surface area (Å²) >= 11 is 6.00. The number of aryl methyl sites for hydroxylation is 1. The van der Waals surface area contributed by atoms with Crippen molar-refractivity contribution < 1.29 is 19.1 Å². The van der Waals surface area contributed by atoms with Gasteiger partial charge in [-0.15, -0.1) is 0 Å². The standard InChI is InChI=1S/C17H25ClN2O.C8H10O.C2H6.2CH2O/c1-5-10-20(11-6-2)17(21-4)19-14(3)12-15-8-7-9-16(18)13-15;1-7-3-5-8(9-2)6-4-7;3*1-2/h7-9,13H,3,5-6,10-12H2,1-2,4H3;3-6H,1-2H3;1-2H3;2*1H2. The topological polar surface area (TPSA) is 68.2 Å². The van der Waals surface area contributed by atoms with Gasteiger partial charge in [-0.2, -0.15) is 0 Å². The molecule has 0 atom stereocenters. The average Bonchev–Trinajstić information content (AvgIpc) is 2.91. The van der Waals surface area contributed by atoms with Gasteiger partial charge in [0.15, 0.2) is 0 Å². The number of nitrogens with zero attached hydrogens (tertiary/aromatic N) is 2. The van der Waals surface area contributed by atoms with E-state index in [1.807, 2.05) is 76.0 Å². The van der Waals surface area contributed by atoms with Gasteiger partial charge in [-0.05, 0) is 49.6 Å². The summed E-state index contributed by atoms with van der Waals surface area (Å²) < 4.78 is 10.4. The summed E-state index contributed by atoms with van der Waals surface area (Å²) in [5, 5.41) is 0.731. The van der Waals surface area contributed by atoms with Crippen LogP contribution >= 0.6 is 11.6 Å². The van der Waals surface area contributed by atoms with Crippen LogP contribution in [0, 0.1) is 6.92 Å². The minimum Gasteiger partial charge on any atom is -0.497 e. The minimum atomic E-state index is 0.644. The lowest BCUT2D eigenvalue weighted by molar-refractivity contribution is -0.0987. The zero-order chi connectivity index (χ0) is 28.4. The van der Waals surface area contributed by atoms with E-state index in [1.165, 1.54) is 5.56 Å². The van der Waals surface area contributed by atoms with Crippen molar-refractivity contribution >= 4 is 31.2 Å². The molecule has 0 aliphatic rings. The smallest absolute Gasteiger partial charge is 0.291 e. The van der Waals surface area contributed by atoms with Crippen molar-refractivity contribution in [1.29, 1.82) is 0 Å². The van der Waals surface area contributed by atoms with Crippen LogP contribution in [-0.2, 0) is 20.7 Å². The van der Waals surface area contributed by atoms with Crippen molar-refractivity contribution in [3.63, 3.8) is 0 Å². The summed E-state index contributed by atoms with van der Waals surface area (Å²) in [6.07, 6.45) is 2.78. The normalized spacial score (nSPS) is 9.28. The first-order chi connectivity index (χ1) is 17.4. The van der Waals surface area contributed by atoms with Crippen LogP contribution in [0.25, 0.3) is 0 Å². The Kier molecular flexibility index (Phi) is 27.5. The van der Waals surface area contributed by atoms with E-state index in [-0.39, 0.29) is 0 Å². The SMILES string of the molecule is C=C(Cc1cccc(Cl)c1)N=C(OC)N(CCC)CCC.C=O.C=O.CC.COc1ccc(C)cc1. The van der Waals surface area contributed by atoms with E-state index in [9.17, 15) is 0 Å². The maximum atomic E-state index is 8.00. The Morgan fingerprint density at radius 1 is 0.944 bits per heavy atom. The van der Waals surface area contributed by atoms with E-state index < -0.39 is 0 Å². The van der Waals surface area contributed by atoms with Crippen LogP contribution in [0.15, 0.2) is 65.8 Å². The van der Waals surface area contributed by atoms with Gasteiger partial charge in [0.2, 0.25) is 0 Å². The second-order valence-electron chi connectivity index (χ2n) is 6.98. The molecule has 0 bridgehead atoms. The molecule has 0 aromatic heterocycles. The summed E-state index contributed by atoms with van der Waals surface area (Å²) in [7, 11) is 3.33. The molecule has 0 saturated heterocycles. The lowest BCUT2D eigenvalue weighted by atomic mass is 10.1. The number of hydrogen-bond acceptors (Lipinski definition) is 5. The van der Waals surface area contributed by atoms with E-state index in [0.29, 0.717) is 12.4 Å². The zero-order valence-corrected chi connectivity index (χ0v) is 23.9. The highest BCUT2D eigenvalue weighted by Crippen LogP contribution is 2.15. The number of allylic oxidation sites excluding steroid dienone is 1. The Hall–Kier alpha value is -3.12. The summed E-state index contributed by atoms with van der Waals surface area (Å²) in [4.78, 5) is 22.7. The van der Waals surface area contributed by atoms with Gasteiger partial charge in [-0.3, -0.25) is 0 Å². The molecule has 7 heteroatoms. The molecule has 0 amide bonds. The molecule has 2 aromatic carbocycles. The van der Waals surface area contributed by atoms with Crippen LogP contribution in [0.5, 0.6) is 5.75 Å². The van der Waals surface area contributed by atoms with Crippen molar-refractivity contribution in [2.45, 2.75) is 53.9 Å². The van der Waals surface area contributed by atoms with E-state index in [4.69, 9.17) is 30.7 Å². The molecular weight excluding hydrogens is 476 g/mol. The van der Waals surface area contributed by atoms with Gasteiger partial charge in [-0.25, -0.2) is 4.99 Å². The fourth-order valence-electron chi connectivity index (χ4n) is 2.82. The fourth-order valence-corrected chi connectivity index (χ4v) is 3.03. The first kappa shape index (κ1) is 37.4. The maximum Gasteiger partial charge on any atom is 0.291 e. The Bertz CT molecular complexity index is 818. The zero-order valence-electron chi connectivity index (χ0n) is 23.2. The van der Waals surface area contributed by atoms with E-state index in [1.54, 1.807) is 14.2 Å².